The third-order valence-corrected chi connectivity index (χ3v) is 7.76. The molecule has 4 rings (SSSR count). The van der Waals surface area contributed by atoms with Crippen LogP contribution in [0.15, 0.2) is 18.2 Å². The number of aliphatic hydroxyl groups excluding tert-OH is 1. The summed E-state index contributed by atoms with van der Waals surface area (Å²) in [6.07, 6.45) is -0.211. The SMILES string of the molecule is COC1CN(C)Cc2sc(C(=O)N3C[C@H](NC(=O)Oc4ccc(Cl)s4)C[C@H]3CO)cc21. The minimum Gasteiger partial charge on any atom is -0.399 e. The number of hydrogen-bond donors (Lipinski definition) is 2. The maximum atomic E-state index is 13.2. The molecular formula is C20H24ClN3O5S2. The first kappa shape index (κ1) is 22.5. The largest absolute Gasteiger partial charge is 0.413 e. The molecule has 2 aliphatic rings. The Bertz CT molecular complexity index is 965. The van der Waals surface area contributed by atoms with Crippen molar-refractivity contribution in [3.63, 3.8) is 0 Å². The van der Waals surface area contributed by atoms with Crippen LogP contribution in [0, 0.1) is 0 Å². The molecule has 2 aromatic rings. The van der Waals surface area contributed by atoms with E-state index in [1.54, 1.807) is 24.1 Å². The number of amides is 2. The van der Waals surface area contributed by atoms with Gasteiger partial charge in [-0.05, 0) is 37.2 Å². The molecule has 0 radical (unpaired) electrons. The summed E-state index contributed by atoms with van der Waals surface area (Å²) in [5, 5.41) is 13.0. The standard InChI is InChI=1S/C20H24ClN3O5S2/c1-23-8-14(28-2)13-6-15(30-16(13)9-23)19(26)24-7-11(5-12(24)10-25)22-20(27)29-18-4-3-17(21)31-18/h3-4,6,11-12,14,25H,5,7-10H2,1-2H3,(H,22,27)/t11-,12+,14?/m1/s1. The van der Waals surface area contributed by atoms with Crippen molar-refractivity contribution >= 4 is 46.3 Å². The Morgan fingerprint density at radius 3 is 2.81 bits per heavy atom. The van der Waals surface area contributed by atoms with Crippen LogP contribution in [0.25, 0.3) is 0 Å². The van der Waals surface area contributed by atoms with E-state index in [0.29, 0.717) is 27.2 Å². The summed E-state index contributed by atoms with van der Waals surface area (Å²) in [5.74, 6) is -0.140. The van der Waals surface area contributed by atoms with Crippen molar-refractivity contribution in [1.29, 1.82) is 0 Å². The number of hydrogen-bond acceptors (Lipinski definition) is 8. The second-order valence-corrected chi connectivity index (χ2v) is 10.5. The highest BCUT2D eigenvalue weighted by Gasteiger charge is 2.38. The summed E-state index contributed by atoms with van der Waals surface area (Å²) in [4.78, 5) is 31.0. The monoisotopic (exact) mass is 485 g/mol. The molecule has 31 heavy (non-hydrogen) atoms. The summed E-state index contributed by atoms with van der Waals surface area (Å²) < 4.78 is 11.4. The van der Waals surface area contributed by atoms with Gasteiger partial charge in [0.2, 0.25) is 0 Å². The topological polar surface area (TPSA) is 91.3 Å². The Morgan fingerprint density at radius 2 is 2.13 bits per heavy atom. The smallest absolute Gasteiger partial charge is 0.399 e. The molecule has 2 N–H and O–H groups in total. The maximum Gasteiger partial charge on any atom is 0.413 e. The molecule has 4 heterocycles. The molecule has 0 bridgehead atoms. The van der Waals surface area contributed by atoms with Gasteiger partial charge in [-0.15, -0.1) is 11.3 Å². The van der Waals surface area contributed by atoms with Crippen LogP contribution in [-0.2, 0) is 11.3 Å². The number of ether oxygens (including phenoxy) is 2. The van der Waals surface area contributed by atoms with Crippen molar-refractivity contribution < 1.29 is 24.2 Å². The maximum absolute atomic E-state index is 13.2. The van der Waals surface area contributed by atoms with Crippen molar-refractivity contribution in [3.8, 4) is 5.06 Å². The zero-order valence-electron chi connectivity index (χ0n) is 17.2. The first-order valence-corrected chi connectivity index (χ1v) is 11.9. The molecule has 2 aliphatic heterocycles. The number of nitrogens with zero attached hydrogens (tertiary/aromatic N) is 2. The predicted molar refractivity (Wildman–Crippen MR) is 119 cm³/mol. The minimum atomic E-state index is -0.605. The molecule has 0 aromatic carbocycles. The van der Waals surface area contributed by atoms with Crippen LogP contribution in [0.1, 0.15) is 32.6 Å². The minimum absolute atomic E-state index is 0.0614. The highest BCUT2D eigenvalue weighted by molar-refractivity contribution is 7.17. The lowest BCUT2D eigenvalue weighted by Crippen LogP contribution is -2.40. The van der Waals surface area contributed by atoms with Crippen LogP contribution in [0.2, 0.25) is 4.34 Å². The van der Waals surface area contributed by atoms with Gasteiger partial charge in [-0.1, -0.05) is 22.9 Å². The molecule has 0 aliphatic carbocycles. The highest BCUT2D eigenvalue weighted by atomic mass is 35.5. The van der Waals surface area contributed by atoms with Crippen LogP contribution in [0.4, 0.5) is 4.79 Å². The summed E-state index contributed by atoms with van der Waals surface area (Å²) >= 11 is 8.48. The number of carbonyl (C=O) groups excluding carboxylic acids is 2. The Labute approximate surface area is 193 Å². The number of thiophene rings is 2. The number of likely N-dealkylation sites (tertiary alicyclic amines) is 1. The molecule has 2 aromatic heterocycles. The van der Waals surface area contributed by atoms with Crippen LogP contribution in [0.5, 0.6) is 5.06 Å². The van der Waals surface area contributed by atoms with Crippen molar-refractivity contribution in [2.45, 2.75) is 31.2 Å². The first-order chi connectivity index (χ1) is 14.9. The van der Waals surface area contributed by atoms with Crippen molar-refractivity contribution in [3.05, 3.63) is 37.9 Å². The number of halogens is 1. The zero-order chi connectivity index (χ0) is 22.1. The van der Waals surface area contributed by atoms with Gasteiger partial charge in [0.05, 0.1) is 34.0 Å². The molecule has 168 valence electrons. The van der Waals surface area contributed by atoms with Gasteiger partial charge in [0.15, 0.2) is 5.06 Å². The van der Waals surface area contributed by atoms with Crippen molar-refractivity contribution in [2.24, 2.45) is 0 Å². The van der Waals surface area contributed by atoms with E-state index in [4.69, 9.17) is 21.1 Å². The number of nitrogens with one attached hydrogen (secondary N) is 1. The van der Waals surface area contributed by atoms with Crippen molar-refractivity contribution in [2.75, 3.05) is 33.9 Å². The summed E-state index contributed by atoms with van der Waals surface area (Å²) in [7, 11) is 3.70. The summed E-state index contributed by atoms with van der Waals surface area (Å²) in [5.41, 5.74) is 1.06. The number of carbonyl (C=O) groups is 2. The van der Waals surface area contributed by atoms with E-state index in [1.807, 2.05) is 13.1 Å². The third kappa shape index (κ3) is 4.89. The quantitative estimate of drug-likeness (QED) is 0.676. The molecule has 1 fully saturated rings. The average Bonchev–Trinajstić information content (AvgIpc) is 3.44. The number of aliphatic hydroxyl groups is 1. The molecule has 1 saturated heterocycles. The van der Waals surface area contributed by atoms with Crippen LogP contribution < -0.4 is 10.1 Å². The van der Waals surface area contributed by atoms with E-state index in [1.165, 1.54) is 11.3 Å². The summed E-state index contributed by atoms with van der Waals surface area (Å²) in [6, 6.07) is 4.51. The average molecular weight is 486 g/mol. The van der Waals surface area contributed by atoms with E-state index in [9.17, 15) is 14.7 Å². The molecule has 2 amide bonds. The van der Waals surface area contributed by atoms with E-state index < -0.39 is 6.09 Å². The van der Waals surface area contributed by atoms with Gasteiger partial charge in [-0.3, -0.25) is 9.69 Å². The van der Waals surface area contributed by atoms with Crippen LogP contribution >= 0.6 is 34.3 Å². The van der Waals surface area contributed by atoms with Crippen molar-refractivity contribution in [1.82, 2.24) is 15.1 Å². The van der Waals surface area contributed by atoms with E-state index in [-0.39, 0.29) is 30.7 Å². The fourth-order valence-corrected chi connectivity index (χ4v) is 6.18. The molecule has 11 heteroatoms. The lowest BCUT2D eigenvalue weighted by Gasteiger charge is -2.28. The van der Waals surface area contributed by atoms with Gasteiger partial charge in [-0.2, -0.15) is 0 Å². The Kier molecular flexibility index (Phi) is 6.85. The van der Waals surface area contributed by atoms with Gasteiger partial charge in [-0.25, -0.2) is 4.79 Å². The molecule has 8 nitrogen and oxygen atoms in total. The molecule has 0 spiro atoms. The fourth-order valence-electron chi connectivity index (χ4n) is 4.06. The summed E-state index contributed by atoms with van der Waals surface area (Å²) in [6.45, 7) is 1.69. The Hall–Kier alpha value is -1.69. The van der Waals surface area contributed by atoms with E-state index >= 15 is 0 Å². The van der Waals surface area contributed by atoms with Gasteiger partial charge < -0.3 is 24.8 Å². The number of fused-ring (bicyclic) bond motifs is 1. The molecule has 0 saturated carbocycles. The molecule has 3 atom stereocenters. The van der Waals surface area contributed by atoms with E-state index in [0.717, 1.165) is 34.9 Å². The second-order valence-electron chi connectivity index (χ2n) is 7.73. The first-order valence-electron chi connectivity index (χ1n) is 9.87. The Morgan fingerprint density at radius 1 is 1.32 bits per heavy atom. The van der Waals surface area contributed by atoms with E-state index in [2.05, 4.69) is 10.2 Å². The molecule has 1 unspecified atom stereocenters. The van der Waals surface area contributed by atoms with Gasteiger partial charge in [0.1, 0.15) is 0 Å². The molecular weight excluding hydrogens is 462 g/mol. The number of likely N-dealkylation sites (N-methyl/N-ethyl adjacent to an activating group) is 1. The highest BCUT2D eigenvalue weighted by Crippen LogP contribution is 2.36. The lowest BCUT2D eigenvalue weighted by molar-refractivity contribution is 0.0589. The second kappa shape index (κ2) is 9.43. The number of methoxy groups -OCH3 is 1. The Balaban J connectivity index is 1.43. The fraction of sp³-hybridized carbons (Fsp3) is 0.500. The predicted octanol–water partition coefficient (Wildman–Crippen LogP) is 2.96. The zero-order valence-corrected chi connectivity index (χ0v) is 19.6. The van der Waals surface area contributed by atoms with Gasteiger partial charge in [0.25, 0.3) is 5.91 Å². The van der Waals surface area contributed by atoms with Gasteiger partial charge in [0, 0.05) is 31.6 Å². The lowest BCUT2D eigenvalue weighted by atomic mass is 10.1. The van der Waals surface area contributed by atoms with Crippen LogP contribution in [-0.4, -0.2) is 72.8 Å². The number of rotatable bonds is 5. The van der Waals surface area contributed by atoms with Crippen LogP contribution in [0.3, 0.4) is 0 Å². The normalized spacial score (nSPS) is 23.6. The van der Waals surface area contributed by atoms with Gasteiger partial charge >= 0.3 is 6.09 Å². The third-order valence-electron chi connectivity index (χ3n) is 5.52.